The fourth-order valence-corrected chi connectivity index (χ4v) is 4.84. The number of hydrogen-bond acceptors (Lipinski definition) is 3. The highest BCUT2D eigenvalue weighted by molar-refractivity contribution is 8.13. The van der Waals surface area contributed by atoms with E-state index in [1.54, 1.807) is 0 Å². The standard InChI is InChI=1S/C14H24N2S/c1-10(11-5-2-3-6-11)15-14-16-13-8-4-7-12(13)9-17-14/h10-13H,2-9H2,1H3,(H,15,16). The molecule has 0 saturated heterocycles. The number of amidine groups is 1. The number of hydrogen-bond donors (Lipinski definition) is 1. The molecule has 1 N–H and O–H groups in total. The van der Waals surface area contributed by atoms with E-state index in [4.69, 9.17) is 4.99 Å². The lowest BCUT2D eigenvalue weighted by molar-refractivity contribution is 0.425. The van der Waals surface area contributed by atoms with Gasteiger partial charge >= 0.3 is 0 Å². The Hall–Kier alpha value is -0.180. The number of rotatable bonds is 2. The summed E-state index contributed by atoms with van der Waals surface area (Å²) in [7, 11) is 0. The molecule has 0 spiro atoms. The van der Waals surface area contributed by atoms with E-state index in [9.17, 15) is 0 Å². The van der Waals surface area contributed by atoms with Crippen molar-refractivity contribution in [3.8, 4) is 0 Å². The first-order valence-corrected chi connectivity index (χ1v) is 8.28. The summed E-state index contributed by atoms with van der Waals surface area (Å²) in [5.74, 6) is 3.07. The maximum atomic E-state index is 4.92. The first-order chi connectivity index (χ1) is 8.33. The van der Waals surface area contributed by atoms with E-state index in [1.165, 1.54) is 55.9 Å². The van der Waals surface area contributed by atoms with Gasteiger partial charge in [-0.1, -0.05) is 31.0 Å². The number of fused-ring (bicyclic) bond motifs is 1. The smallest absolute Gasteiger partial charge is 0.157 e. The van der Waals surface area contributed by atoms with E-state index in [0.717, 1.165) is 11.8 Å². The minimum atomic E-state index is 0.627. The van der Waals surface area contributed by atoms with Crippen LogP contribution in [0.3, 0.4) is 0 Å². The highest BCUT2D eigenvalue weighted by atomic mass is 32.2. The summed E-state index contributed by atoms with van der Waals surface area (Å²) in [5, 5.41) is 4.93. The third-order valence-corrected chi connectivity index (χ3v) is 5.89. The molecular weight excluding hydrogens is 228 g/mol. The van der Waals surface area contributed by atoms with Crippen LogP contribution >= 0.6 is 11.8 Å². The summed E-state index contributed by atoms with van der Waals surface area (Å²) in [6, 6.07) is 1.27. The second kappa shape index (κ2) is 5.21. The normalized spacial score (nSPS) is 35.5. The Balaban J connectivity index is 1.57. The number of thioether (sulfide) groups is 1. The van der Waals surface area contributed by atoms with E-state index in [0.29, 0.717) is 12.1 Å². The van der Waals surface area contributed by atoms with Gasteiger partial charge in [-0.05, 0) is 44.4 Å². The lowest BCUT2D eigenvalue weighted by Gasteiger charge is -2.27. The van der Waals surface area contributed by atoms with Crippen molar-refractivity contribution in [3.05, 3.63) is 0 Å². The molecule has 1 heterocycles. The predicted octanol–water partition coefficient (Wildman–Crippen LogP) is 3.43. The van der Waals surface area contributed by atoms with Crippen LogP contribution in [0.5, 0.6) is 0 Å². The average molecular weight is 252 g/mol. The lowest BCUT2D eigenvalue weighted by Crippen LogP contribution is -2.38. The van der Waals surface area contributed by atoms with Crippen molar-refractivity contribution < 1.29 is 0 Å². The van der Waals surface area contributed by atoms with Crippen molar-refractivity contribution in [2.45, 2.75) is 64.0 Å². The molecule has 3 rings (SSSR count). The minimum Gasteiger partial charge on any atom is -0.362 e. The van der Waals surface area contributed by atoms with Gasteiger partial charge in [0.05, 0.1) is 6.04 Å². The van der Waals surface area contributed by atoms with E-state index >= 15 is 0 Å². The van der Waals surface area contributed by atoms with Crippen LogP contribution in [0.4, 0.5) is 0 Å². The Bertz CT molecular complexity index is 297. The van der Waals surface area contributed by atoms with Crippen LogP contribution < -0.4 is 5.32 Å². The van der Waals surface area contributed by atoms with E-state index in [-0.39, 0.29) is 0 Å². The highest BCUT2D eigenvalue weighted by Crippen LogP contribution is 2.35. The van der Waals surface area contributed by atoms with Gasteiger partial charge in [-0.3, -0.25) is 4.99 Å². The Morgan fingerprint density at radius 2 is 2.00 bits per heavy atom. The molecule has 2 saturated carbocycles. The summed E-state index contributed by atoms with van der Waals surface area (Å²) in [4.78, 5) is 4.92. The van der Waals surface area contributed by atoms with Gasteiger partial charge < -0.3 is 5.32 Å². The van der Waals surface area contributed by atoms with Gasteiger partial charge in [-0.25, -0.2) is 0 Å². The molecule has 0 aromatic rings. The molecule has 96 valence electrons. The van der Waals surface area contributed by atoms with Crippen molar-refractivity contribution in [1.29, 1.82) is 0 Å². The van der Waals surface area contributed by atoms with E-state index in [2.05, 4.69) is 12.2 Å². The third-order valence-electron chi connectivity index (χ3n) is 4.79. The Morgan fingerprint density at radius 1 is 1.18 bits per heavy atom. The molecule has 17 heavy (non-hydrogen) atoms. The molecule has 2 aliphatic carbocycles. The first kappa shape index (κ1) is 11.9. The Kier molecular flexibility index (Phi) is 3.64. The zero-order chi connectivity index (χ0) is 11.7. The summed E-state index contributed by atoms with van der Waals surface area (Å²) in [5.41, 5.74) is 0. The van der Waals surface area contributed by atoms with Gasteiger partial charge in [0, 0.05) is 11.8 Å². The Morgan fingerprint density at radius 3 is 2.82 bits per heavy atom. The quantitative estimate of drug-likeness (QED) is 0.814. The molecule has 2 fully saturated rings. The third kappa shape index (κ3) is 2.64. The molecule has 3 atom stereocenters. The van der Waals surface area contributed by atoms with E-state index in [1.807, 2.05) is 11.8 Å². The first-order valence-electron chi connectivity index (χ1n) is 7.30. The maximum absolute atomic E-state index is 4.92. The summed E-state index contributed by atoms with van der Waals surface area (Å²) in [6.07, 6.45) is 9.82. The van der Waals surface area contributed by atoms with Crippen molar-refractivity contribution in [2.75, 3.05) is 5.75 Å². The van der Waals surface area contributed by atoms with Crippen LogP contribution in [-0.2, 0) is 0 Å². The van der Waals surface area contributed by atoms with Gasteiger partial charge in [-0.15, -0.1) is 0 Å². The van der Waals surface area contributed by atoms with Crippen LogP contribution in [0, 0.1) is 11.8 Å². The van der Waals surface area contributed by atoms with Gasteiger partial charge in [0.2, 0.25) is 0 Å². The van der Waals surface area contributed by atoms with Gasteiger partial charge in [0.25, 0.3) is 0 Å². The van der Waals surface area contributed by atoms with Crippen molar-refractivity contribution in [1.82, 2.24) is 5.32 Å². The molecular formula is C14H24N2S. The van der Waals surface area contributed by atoms with Gasteiger partial charge in [0.15, 0.2) is 5.17 Å². The molecule has 0 bridgehead atoms. The van der Waals surface area contributed by atoms with Gasteiger partial charge in [0.1, 0.15) is 0 Å². The number of aliphatic imine (C=N–C) groups is 1. The van der Waals surface area contributed by atoms with Crippen LogP contribution in [0.2, 0.25) is 0 Å². The number of nitrogens with zero attached hydrogens (tertiary/aromatic N) is 1. The highest BCUT2D eigenvalue weighted by Gasteiger charge is 2.32. The number of nitrogens with one attached hydrogen (secondary N) is 1. The van der Waals surface area contributed by atoms with E-state index < -0.39 is 0 Å². The summed E-state index contributed by atoms with van der Waals surface area (Å²) >= 11 is 1.97. The molecule has 0 radical (unpaired) electrons. The molecule has 0 amide bonds. The molecule has 0 aromatic carbocycles. The van der Waals surface area contributed by atoms with Crippen LogP contribution in [0.1, 0.15) is 51.9 Å². The zero-order valence-electron chi connectivity index (χ0n) is 10.8. The molecule has 3 aliphatic rings. The minimum absolute atomic E-state index is 0.627. The van der Waals surface area contributed by atoms with Crippen LogP contribution in [-0.4, -0.2) is 23.0 Å². The average Bonchev–Trinajstić information content (AvgIpc) is 2.99. The molecule has 3 unspecified atom stereocenters. The lowest BCUT2D eigenvalue weighted by atomic mass is 10.0. The Labute approximate surface area is 109 Å². The van der Waals surface area contributed by atoms with Crippen LogP contribution in [0.15, 0.2) is 4.99 Å². The molecule has 0 aromatic heterocycles. The fourth-order valence-electron chi connectivity index (χ4n) is 3.60. The SMILES string of the molecule is CC(NC1=NC2CCCC2CS1)C1CCCC1. The largest absolute Gasteiger partial charge is 0.362 e. The topological polar surface area (TPSA) is 24.4 Å². The van der Waals surface area contributed by atoms with Crippen molar-refractivity contribution >= 4 is 16.9 Å². The monoisotopic (exact) mass is 252 g/mol. The second-order valence-corrected chi connectivity index (χ2v) is 6.99. The van der Waals surface area contributed by atoms with Gasteiger partial charge in [-0.2, -0.15) is 0 Å². The summed E-state index contributed by atoms with van der Waals surface area (Å²) in [6.45, 7) is 2.35. The fraction of sp³-hybridized carbons (Fsp3) is 0.929. The summed E-state index contributed by atoms with van der Waals surface area (Å²) < 4.78 is 0. The second-order valence-electron chi connectivity index (χ2n) is 5.98. The maximum Gasteiger partial charge on any atom is 0.157 e. The zero-order valence-corrected chi connectivity index (χ0v) is 11.6. The van der Waals surface area contributed by atoms with Crippen LogP contribution in [0.25, 0.3) is 0 Å². The molecule has 3 heteroatoms. The van der Waals surface area contributed by atoms with Crippen molar-refractivity contribution in [3.63, 3.8) is 0 Å². The molecule has 1 aliphatic heterocycles. The molecule has 2 nitrogen and oxygen atoms in total. The van der Waals surface area contributed by atoms with Crippen molar-refractivity contribution in [2.24, 2.45) is 16.8 Å². The predicted molar refractivity (Wildman–Crippen MR) is 75.6 cm³/mol.